The number of aromatic nitrogens is 1. The monoisotopic (exact) mass is 276 g/mol. The standard InChI is InChI=1S/C16H18F2N2/c1-2-20-16(9-12-3-5-19-6-4-12)10-13-7-14(17)11-15(18)8-13/h3-8,11,16,20H,2,9-10H2,1H3. The van der Waals surface area contributed by atoms with Crippen LogP contribution in [-0.4, -0.2) is 17.6 Å². The summed E-state index contributed by atoms with van der Waals surface area (Å²) >= 11 is 0. The van der Waals surface area contributed by atoms with Crippen LogP contribution in [0.1, 0.15) is 18.1 Å². The molecule has 1 atom stereocenters. The summed E-state index contributed by atoms with van der Waals surface area (Å²) in [6, 6.07) is 7.73. The second kappa shape index (κ2) is 7.10. The van der Waals surface area contributed by atoms with Crippen molar-refractivity contribution in [1.29, 1.82) is 0 Å². The molecule has 0 bridgehead atoms. The van der Waals surface area contributed by atoms with Gasteiger partial charge in [-0.15, -0.1) is 0 Å². The highest BCUT2D eigenvalue weighted by Crippen LogP contribution is 2.12. The predicted octanol–water partition coefficient (Wildman–Crippen LogP) is 3.12. The van der Waals surface area contributed by atoms with Crippen molar-refractivity contribution in [1.82, 2.24) is 10.3 Å². The zero-order valence-corrected chi connectivity index (χ0v) is 11.4. The molecule has 0 spiro atoms. The molecule has 1 heterocycles. The van der Waals surface area contributed by atoms with Gasteiger partial charge in [0.1, 0.15) is 11.6 Å². The lowest BCUT2D eigenvalue weighted by molar-refractivity contribution is 0.515. The second-order valence-electron chi connectivity index (χ2n) is 4.80. The summed E-state index contributed by atoms with van der Waals surface area (Å²) in [6.07, 6.45) is 4.89. The Labute approximate surface area is 117 Å². The Kier molecular flexibility index (Phi) is 5.18. The highest BCUT2D eigenvalue weighted by Gasteiger charge is 2.11. The molecule has 0 aliphatic rings. The molecule has 0 radical (unpaired) electrons. The van der Waals surface area contributed by atoms with E-state index in [2.05, 4.69) is 10.3 Å². The summed E-state index contributed by atoms with van der Waals surface area (Å²) in [4.78, 5) is 3.99. The van der Waals surface area contributed by atoms with Gasteiger partial charge in [-0.1, -0.05) is 6.92 Å². The van der Waals surface area contributed by atoms with E-state index in [4.69, 9.17) is 0 Å². The third-order valence-electron chi connectivity index (χ3n) is 3.13. The van der Waals surface area contributed by atoms with E-state index in [-0.39, 0.29) is 6.04 Å². The van der Waals surface area contributed by atoms with Crippen LogP contribution in [0.5, 0.6) is 0 Å². The largest absolute Gasteiger partial charge is 0.314 e. The summed E-state index contributed by atoms with van der Waals surface area (Å²) in [5.74, 6) is -1.06. The topological polar surface area (TPSA) is 24.9 Å². The van der Waals surface area contributed by atoms with Crippen molar-refractivity contribution in [2.75, 3.05) is 6.54 Å². The lowest BCUT2D eigenvalue weighted by Gasteiger charge is -2.18. The number of hydrogen-bond donors (Lipinski definition) is 1. The van der Waals surface area contributed by atoms with E-state index in [0.717, 1.165) is 24.6 Å². The van der Waals surface area contributed by atoms with Crippen LogP contribution in [0.15, 0.2) is 42.7 Å². The first-order chi connectivity index (χ1) is 9.67. The van der Waals surface area contributed by atoms with E-state index in [1.165, 1.54) is 12.1 Å². The molecule has 2 aromatic rings. The zero-order valence-electron chi connectivity index (χ0n) is 11.4. The van der Waals surface area contributed by atoms with Gasteiger partial charge in [-0.05, 0) is 54.8 Å². The van der Waals surface area contributed by atoms with Gasteiger partial charge in [0, 0.05) is 24.5 Å². The minimum absolute atomic E-state index is 0.142. The SMILES string of the molecule is CCNC(Cc1ccncc1)Cc1cc(F)cc(F)c1. The van der Waals surface area contributed by atoms with Gasteiger partial charge < -0.3 is 5.32 Å². The van der Waals surface area contributed by atoms with Crippen molar-refractivity contribution in [2.45, 2.75) is 25.8 Å². The molecule has 1 aromatic carbocycles. The zero-order chi connectivity index (χ0) is 14.4. The van der Waals surface area contributed by atoms with Gasteiger partial charge in [0.2, 0.25) is 0 Å². The molecule has 0 saturated carbocycles. The fraction of sp³-hybridized carbons (Fsp3) is 0.312. The minimum Gasteiger partial charge on any atom is -0.314 e. The number of pyridine rings is 1. The summed E-state index contributed by atoms with van der Waals surface area (Å²) in [5.41, 5.74) is 1.82. The van der Waals surface area contributed by atoms with Crippen molar-refractivity contribution < 1.29 is 8.78 Å². The number of rotatable bonds is 6. The smallest absolute Gasteiger partial charge is 0.126 e. The fourth-order valence-electron chi connectivity index (χ4n) is 2.32. The maximum atomic E-state index is 13.2. The summed E-state index contributed by atoms with van der Waals surface area (Å²) in [6.45, 7) is 2.83. The highest BCUT2D eigenvalue weighted by atomic mass is 19.1. The molecule has 0 fully saturated rings. The molecular formula is C16H18F2N2. The highest BCUT2D eigenvalue weighted by molar-refractivity contribution is 5.20. The van der Waals surface area contributed by atoms with E-state index >= 15 is 0 Å². The number of benzene rings is 1. The molecule has 2 rings (SSSR count). The van der Waals surface area contributed by atoms with Crippen molar-refractivity contribution in [3.05, 3.63) is 65.5 Å². The van der Waals surface area contributed by atoms with Crippen LogP contribution >= 0.6 is 0 Å². The van der Waals surface area contributed by atoms with Crippen molar-refractivity contribution >= 4 is 0 Å². The fourth-order valence-corrected chi connectivity index (χ4v) is 2.32. The maximum Gasteiger partial charge on any atom is 0.126 e. The van der Waals surface area contributed by atoms with Gasteiger partial charge >= 0.3 is 0 Å². The normalized spacial score (nSPS) is 12.3. The Bertz CT molecular complexity index is 523. The van der Waals surface area contributed by atoms with Crippen LogP contribution in [0.2, 0.25) is 0 Å². The lowest BCUT2D eigenvalue weighted by atomic mass is 9.99. The van der Waals surface area contributed by atoms with Crippen LogP contribution in [0.25, 0.3) is 0 Å². The Morgan fingerprint density at radius 3 is 2.20 bits per heavy atom. The van der Waals surface area contributed by atoms with E-state index < -0.39 is 11.6 Å². The first-order valence-corrected chi connectivity index (χ1v) is 6.74. The molecular weight excluding hydrogens is 258 g/mol. The van der Waals surface area contributed by atoms with E-state index in [0.29, 0.717) is 12.0 Å². The van der Waals surface area contributed by atoms with Gasteiger partial charge in [-0.3, -0.25) is 4.98 Å². The van der Waals surface area contributed by atoms with Crippen LogP contribution in [0, 0.1) is 11.6 Å². The molecule has 1 unspecified atom stereocenters. The van der Waals surface area contributed by atoms with Crippen molar-refractivity contribution in [3.63, 3.8) is 0 Å². The Morgan fingerprint density at radius 2 is 1.60 bits per heavy atom. The Balaban J connectivity index is 2.08. The van der Waals surface area contributed by atoms with Gasteiger partial charge in [0.25, 0.3) is 0 Å². The number of hydrogen-bond acceptors (Lipinski definition) is 2. The van der Waals surface area contributed by atoms with Gasteiger partial charge in [-0.25, -0.2) is 8.78 Å². The molecule has 2 nitrogen and oxygen atoms in total. The number of nitrogens with zero attached hydrogens (tertiary/aromatic N) is 1. The molecule has 1 aromatic heterocycles. The third-order valence-corrected chi connectivity index (χ3v) is 3.13. The quantitative estimate of drug-likeness (QED) is 0.877. The molecule has 106 valence electrons. The van der Waals surface area contributed by atoms with Crippen LogP contribution in [-0.2, 0) is 12.8 Å². The lowest BCUT2D eigenvalue weighted by Crippen LogP contribution is -2.33. The third kappa shape index (κ3) is 4.38. The molecule has 0 aliphatic carbocycles. The maximum absolute atomic E-state index is 13.2. The number of nitrogens with one attached hydrogen (secondary N) is 1. The molecule has 4 heteroatoms. The van der Waals surface area contributed by atoms with E-state index in [9.17, 15) is 8.78 Å². The summed E-state index contributed by atoms with van der Waals surface area (Å²) in [5, 5.41) is 3.35. The average Bonchev–Trinajstić information content (AvgIpc) is 2.39. The summed E-state index contributed by atoms with van der Waals surface area (Å²) < 4.78 is 26.4. The molecule has 1 N–H and O–H groups in total. The van der Waals surface area contributed by atoms with Crippen LogP contribution < -0.4 is 5.32 Å². The molecule has 0 aliphatic heterocycles. The number of halogens is 2. The first-order valence-electron chi connectivity index (χ1n) is 6.74. The van der Waals surface area contributed by atoms with Crippen molar-refractivity contribution in [3.8, 4) is 0 Å². The predicted molar refractivity (Wildman–Crippen MR) is 75.5 cm³/mol. The van der Waals surface area contributed by atoms with Gasteiger partial charge in [-0.2, -0.15) is 0 Å². The Morgan fingerprint density at radius 1 is 1.00 bits per heavy atom. The van der Waals surface area contributed by atoms with Gasteiger partial charge in [0.15, 0.2) is 0 Å². The summed E-state index contributed by atoms with van der Waals surface area (Å²) in [7, 11) is 0. The van der Waals surface area contributed by atoms with Crippen molar-refractivity contribution in [2.24, 2.45) is 0 Å². The van der Waals surface area contributed by atoms with Crippen LogP contribution in [0.3, 0.4) is 0 Å². The van der Waals surface area contributed by atoms with E-state index in [1.807, 2.05) is 19.1 Å². The molecule has 0 saturated heterocycles. The Hall–Kier alpha value is -1.81. The molecule has 20 heavy (non-hydrogen) atoms. The van der Waals surface area contributed by atoms with Crippen LogP contribution in [0.4, 0.5) is 8.78 Å². The number of likely N-dealkylation sites (N-methyl/N-ethyl adjacent to an activating group) is 1. The second-order valence-corrected chi connectivity index (χ2v) is 4.80. The minimum atomic E-state index is -0.529. The first kappa shape index (κ1) is 14.6. The molecule has 0 amide bonds. The van der Waals surface area contributed by atoms with E-state index in [1.54, 1.807) is 12.4 Å². The average molecular weight is 276 g/mol. The van der Waals surface area contributed by atoms with Gasteiger partial charge in [0.05, 0.1) is 0 Å².